The summed E-state index contributed by atoms with van der Waals surface area (Å²) in [5, 5.41) is 11.8. The molecule has 0 saturated carbocycles. The number of aliphatic hydroxyl groups excluding tert-OH is 1. The molecule has 0 amide bonds. The predicted octanol–water partition coefficient (Wildman–Crippen LogP) is 1.50. The third-order valence-electron chi connectivity index (χ3n) is 1.43. The second-order valence-electron chi connectivity index (χ2n) is 2.77. The van der Waals surface area contributed by atoms with Gasteiger partial charge < -0.3 is 10.4 Å². The van der Waals surface area contributed by atoms with Crippen LogP contribution in [-0.4, -0.2) is 24.8 Å². The number of nitrogens with one attached hydrogen (secondary N) is 1. The van der Waals surface area contributed by atoms with Crippen molar-refractivity contribution in [3.05, 3.63) is 11.1 Å². The zero-order valence-corrected chi connectivity index (χ0v) is 8.52. The minimum Gasteiger partial charge on any atom is -0.396 e. The summed E-state index contributed by atoms with van der Waals surface area (Å²) in [6.45, 7) is 7.83. The van der Waals surface area contributed by atoms with Gasteiger partial charge in [-0.1, -0.05) is 29.4 Å². The van der Waals surface area contributed by atoms with E-state index in [9.17, 15) is 0 Å². The molecule has 0 aliphatic heterocycles. The van der Waals surface area contributed by atoms with Crippen LogP contribution < -0.4 is 5.32 Å². The van der Waals surface area contributed by atoms with Gasteiger partial charge in [-0.2, -0.15) is 0 Å². The van der Waals surface area contributed by atoms with Gasteiger partial charge in [-0.05, 0) is 18.9 Å². The van der Waals surface area contributed by atoms with E-state index in [0.717, 1.165) is 24.0 Å². The Morgan fingerprint density at radius 3 is 2.82 bits per heavy atom. The molecule has 0 saturated heterocycles. The van der Waals surface area contributed by atoms with Gasteiger partial charge in [-0.3, -0.25) is 0 Å². The van der Waals surface area contributed by atoms with Crippen molar-refractivity contribution in [3.63, 3.8) is 0 Å². The molecule has 3 heteroatoms. The first-order valence-corrected chi connectivity index (χ1v) is 4.61. The van der Waals surface area contributed by atoms with E-state index in [1.807, 2.05) is 0 Å². The third kappa shape index (κ3) is 8.04. The van der Waals surface area contributed by atoms with E-state index in [-0.39, 0.29) is 6.61 Å². The highest BCUT2D eigenvalue weighted by Crippen LogP contribution is 2.00. The monoisotopic (exact) mass is 221 g/mol. The lowest BCUT2D eigenvalue weighted by Gasteiger charge is -2.09. The van der Waals surface area contributed by atoms with Gasteiger partial charge in [0.05, 0.1) is 0 Å². The van der Waals surface area contributed by atoms with Crippen molar-refractivity contribution < 1.29 is 5.11 Å². The van der Waals surface area contributed by atoms with Gasteiger partial charge in [-0.15, -0.1) is 0 Å². The Balaban J connectivity index is 3.16. The van der Waals surface area contributed by atoms with E-state index in [1.165, 1.54) is 0 Å². The highest BCUT2D eigenvalue weighted by molar-refractivity contribution is 9.11. The fraction of sp³-hybridized carbons (Fsp3) is 0.750. The lowest BCUT2D eigenvalue weighted by molar-refractivity contribution is 0.261. The quantitative estimate of drug-likeness (QED) is 0.713. The van der Waals surface area contributed by atoms with E-state index in [4.69, 9.17) is 5.11 Å². The minimum absolute atomic E-state index is 0.276. The molecule has 0 aromatic carbocycles. The minimum atomic E-state index is 0.276. The first-order chi connectivity index (χ1) is 5.16. The summed E-state index contributed by atoms with van der Waals surface area (Å²) < 4.78 is 0.966. The average Bonchev–Trinajstić information content (AvgIpc) is 1.87. The van der Waals surface area contributed by atoms with Gasteiger partial charge >= 0.3 is 0 Å². The Morgan fingerprint density at radius 1 is 1.73 bits per heavy atom. The van der Waals surface area contributed by atoms with E-state index < -0.39 is 0 Å². The van der Waals surface area contributed by atoms with Gasteiger partial charge in [0.2, 0.25) is 0 Å². The van der Waals surface area contributed by atoms with Crippen LogP contribution in [0.1, 0.15) is 13.3 Å². The van der Waals surface area contributed by atoms with Gasteiger partial charge in [0.15, 0.2) is 0 Å². The van der Waals surface area contributed by atoms with Gasteiger partial charge in [0.25, 0.3) is 0 Å². The summed E-state index contributed by atoms with van der Waals surface area (Å²) in [6, 6.07) is 0. The summed E-state index contributed by atoms with van der Waals surface area (Å²) in [7, 11) is 0. The average molecular weight is 222 g/mol. The second kappa shape index (κ2) is 6.83. The van der Waals surface area contributed by atoms with Crippen LogP contribution in [0.15, 0.2) is 11.1 Å². The lowest BCUT2D eigenvalue weighted by atomic mass is 10.1. The van der Waals surface area contributed by atoms with Crippen LogP contribution in [-0.2, 0) is 0 Å². The van der Waals surface area contributed by atoms with Crippen LogP contribution in [0.4, 0.5) is 0 Å². The summed E-state index contributed by atoms with van der Waals surface area (Å²) in [4.78, 5) is 0. The maximum Gasteiger partial charge on any atom is 0.0434 e. The van der Waals surface area contributed by atoms with Crippen molar-refractivity contribution in [1.82, 2.24) is 5.32 Å². The Bertz CT molecular complexity index is 117. The number of hydrogen-bond donors (Lipinski definition) is 2. The summed E-state index contributed by atoms with van der Waals surface area (Å²) >= 11 is 3.26. The molecule has 66 valence electrons. The normalized spacial score (nSPS) is 13.0. The molecule has 0 aromatic heterocycles. The molecular formula is C8H16BrNO. The fourth-order valence-electron chi connectivity index (χ4n) is 0.777. The topological polar surface area (TPSA) is 32.3 Å². The molecule has 0 aliphatic rings. The van der Waals surface area contributed by atoms with Crippen molar-refractivity contribution in [2.75, 3.05) is 19.7 Å². The van der Waals surface area contributed by atoms with Crippen LogP contribution in [0.5, 0.6) is 0 Å². The fourth-order valence-corrected chi connectivity index (χ4v) is 0.975. The second-order valence-corrected chi connectivity index (χ2v) is 3.89. The number of aliphatic hydroxyl groups is 1. The SMILES string of the molecule is C=C(Br)CNCC(C)CCO. The molecular weight excluding hydrogens is 206 g/mol. The molecule has 2 nitrogen and oxygen atoms in total. The Hall–Kier alpha value is 0.140. The summed E-state index contributed by atoms with van der Waals surface area (Å²) in [5.74, 6) is 0.534. The molecule has 1 unspecified atom stereocenters. The first kappa shape index (κ1) is 11.1. The lowest BCUT2D eigenvalue weighted by Crippen LogP contribution is -2.22. The molecule has 0 rings (SSSR count). The van der Waals surface area contributed by atoms with Crippen molar-refractivity contribution in [2.45, 2.75) is 13.3 Å². The van der Waals surface area contributed by atoms with Gasteiger partial charge in [0.1, 0.15) is 0 Å². The van der Waals surface area contributed by atoms with Gasteiger partial charge in [0, 0.05) is 17.6 Å². The van der Waals surface area contributed by atoms with Crippen molar-refractivity contribution in [3.8, 4) is 0 Å². The predicted molar refractivity (Wildman–Crippen MR) is 51.8 cm³/mol. The molecule has 0 fully saturated rings. The van der Waals surface area contributed by atoms with E-state index >= 15 is 0 Å². The smallest absolute Gasteiger partial charge is 0.0434 e. The van der Waals surface area contributed by atoms with Crippen LogP contribution >= 0.6 is 15.9 Å². The van der Waals surface area contributed by atoms with Crippen LogP contribution in [0.2, 0.25) is 0 Å². The summed E-state index contributed by atoms with van der Waals surface area (Å²) in [6.07, 6.45) is 0.863. The third-order valence-corrected chi connectivity index (χ3v) is 1.71. The maximum atomic E-state index is 8.59. The van der Waals surface area contributed by atoms with E-state index in [1.54, 1.807) is 0 Å². The molecule has 2 N–H and O–H groups in total. The van der Waals surface area contributed by atoms with E-state index in [2.05, 4.69) is 34.7 Å². The zero-order chi connectivity index (χ0) is 8.69. The molecule has 0 heterocycles. The van der Waals surface area contributed by atoms with E-state index in [0.29, 0.717) is 5.92 Å². The largest absolute Gasteiger partial charge is 0.396 e. The zero-order valence-electron chi connectivity index (χ0n) is 6.94. The molecule has 0 radical (unpaired) electrons. The number of hydrogen-bond acceptors (Lipinski definition) is 2. The van der Waals surface area contributed by atoms with Gasteiger partial charge in [-0.25, -0.2) is 0 Å². The van der Waals surface area contributed by atoms with Crippen molar-refractivity contribution >= 4 is 15.9 Å². The molecule has 1 atom stereocenters. The number of halogens is 1. The van der Waals surface area contributed by atoms with Crippen LogP contribution in [0, 0.1) is 5.92 Å². The summed E-state index contributed by atoms with van der Waals surface area (Å²) in [5.41, 5.74) is 0. The highest BCUT2D eigenvalue weighted by Gasteiger charge is 1.99. The Kier molecular flexibility index (Phi) is 6.91. The molecule has 0 aromatic rings. The van der Waals surface area contributed by atoms with Crippen LogP contribution in [0.25, 0.3) is 0 Å². The number of rotatable bonds is 6. The molecule has 0 spiro atoms. The molecule has 11 heavy (non-hydrogen) atoms. The van der Waals surface area contributed by atoms with Crippen LogP contribution in [0.3, 0.4) is 0 Å². The van der Waals surface area contributed by atoms with Crippen molar-refractivity contribution in [2.24, 2.45) is 5.92 Å². The maximum absolute atomic E-state index is 8.59. The standard InChI is InChI=1S/C8H16BrNO/c1-7(3-4-11)5-10-6-8(2)9/h7,10-11H,2-6H2,1H3. The van der Waals surface area contributed by atoms with Crippen molar-refractivity contribution in [1.29, 1.82) is 0 Å². The molecule has 0 bridgehead atoms. The Labute approximate surface area is 76.8 Å². The highest BCUT2D eigenvalue weighted by atomic mass is 79.9. The molecule has 0 aliphatic carbocycles. The Morgan fingerprint density at radius 2 is 2.36 bits per heavy atom. The first-order valence-electron chi connectivity index (χ1n) is 3.81.